The number of hydrogen-bond acceptors (Lipinski definition) is 5. The van der Waals surface area contributed by atoms with Gasteiger partial charge in [-0.3, -0.25) is 4.79 Å². The van der Waals surface area contributed by atoms with Crippen molar-refractivity contribution in [2.24, 2.45) is 5.92 Å². The first-order valence-electron chi connectivity index (χ1n) is 10.8. The molecular weight excluding hydrogens is 388 g/mol. The molecule has 3 aromatic rings. The number of hydrogen-bond donors (Lipinski definition) is 1. The van der Waals surface area contributed by atoms with Crippen LogP contribution in [0.3, 0.4) is 0 Å². The highest BCUT2D eigenvalue weighted by molar-refractivity contribution is 5.93. The summed E-state index contributed by atoms with van der Waals surface area (Å²) in [5.74, 6) is 2.18. The third-order valence-corrected chi connectivity index (χ3v) is 5.52. The Balaban J connectivity index is 1.46. The number of carbonyl (C=O) groups excluding carboxylic acids is 1. The summed E-state index contributed by atoms with van der Waals surface area (Å²) in [5.41, 5.74) is 2.06. The number of ether oxygens (including phenoxy) is 1. The molecule has 0 unspecified atom stereocenters. The minimum Gasteiger partial charge on any atom is -0.436 e. The lowest BCUT2D eigenvalue weighted by Gasteiger charge is -2.33. The van der Waals surface area contributed by atoms with E-state index in [0.717, 1.165) is 25.1 Å². The average molecular weight is 417 g/mol. The zero-order valence-electron chi connectivity index (χ0n) is 18.0. The molecule has 1 aliphatic rings. The average Bonchev–Trinajstić information content (AvgIpc) is 2.80. The zero-order chi connectivity index (χ0) is 21.6. The van der Waals surface area contributed by atoms with E-state index in [4.69, 9.17) is 4.74 Å². The third-order valence-electron chi connectivity index (χ3n) is 5.52. The molecule has 31 heavy (non-hydrogen) atoms. The van der Waals surface area contributed by atoms with Crippen LogP contribution >= 0.6 is 0 Å². The molecule has 1 aromatic heterocycles. The van der Waals surface area contributed by atoms with Gasteiger partial charge in [0, 0.05) is 31.2 Å². The molecule has 2 aromatic carbocycles. The summed E-state index contributed by atoms with van der Waals surface area (Å²) in [6, 6.07) is 17.6. The van der Waals surface area contributed by atoms with Crippen LogP contribution in [-0.2, 0) is 4.79 Å². The van der Waals surface area contributed by atoms with Crippen LogP contribution in [0.4, 0.5) is 11.5 Å². The summed E-state index contributed by atoms with van der Waals surface area (Å²) in [6.07, 6.45) is 5.04. The number of carbonyl (C=O) groups is 1. The molecule has 1 amide bonds. The van der Waals surface area contributed by atoms with E-state index in [-0.39, 0.29) is 11.8 Å². The Bertz CT molecular complexity index is 1020. The maximum atomic E-state index is 13.0. The summed E-state index contributed by atoms with van der Waals surface area (Å²) >= 11 is 0. The second kappa shape index (κ2) is 9.60. The molecule has 1 saturated heterocycles. The summed E-state index contributed by atoms with van der Waals surface area (Å²) in [6.45, 7) is 5.70. The molecule has 4 rings (SSSR count). The number of aromatic nitrogens is 2. The molecule has 0 saturated carbocycles. The summed E-state index contributed by atoms with van der Waals surface area (Å²) in [7, 11) is 0. The van der Waals surface area contributed by atoms with Crippen molar-refractivity contribution < 1.29 is 9.53 Å². The number of anilines is 2. The van der Waals surface area contributed by atoms with Gasteiger partial charge in [0.05, 0.1) is 5.92 Å². The van der Waals surface area contributed by atoms with Crippen LogP contribution in [0.5, 0.6) is 11.6 Å². The second-order valence-corrected chi connectivity index (χ2v) is 8.15. The van der Waals surface area contributed by atoms with Crippen LogP contribution in [0, 0.1) is 5.92 Å². The SMILES string of the molecule is CC(C)c1cccc(NC(=O)[C@H]2CCCN(c3nccnc3Oc3ccccc3)C2)c1. The first-order chi connectivity index (χ1) is 15.1. The molecule has 0 radical (unpaired) electrons. The number of amides is 1. The van der Waals surface area contributed by atoms with Gasteiger partial charge in [-0.15, -0.1) is 0 Å². The Labute approximate surface area is 183 Å². The van der Waals surface area contributed by atoms with Crippen molar-refractivity contribution in [3.8, 4) is 11.6 Å². The van der Waals surface area contributed by atoms with Crippen LogP contribution in [0.1, 0.15) is 38.2 Å². The van der Waals surface area contributed by atoms with Crippen LogP contribution in [0.25, 0.3) is 0 Å². The van der Waals surface area contributed by atoms with E-state index in [2.05, 4.69) is 46.2 Å². The number of piperidine rings is 1. The summed E-state index contributed by atoms with van der Waals surface area (Å²) in [4.78, 5) is 24.0. The van der Waals surface area contributed by atoms with Gasteiger partial charge in [0.25, 0.3) is 5.88 Å². The largest absolute Gasteiger partial charge is 0.436 e. The highest BCUT2D eigenvalue weighted by Gasteiger charge is 2.28. The standard InChI is InChI=1S/C25H28N4O2/c1-18(2)19-8-6-10-21(16-19)28-24(30)20-9-7-15-29(17-20)23-25(27-14-13-26-23)31-22-11-4-3-5-12-22/h3-6,8,10-14,16,18,20H,7,9,15,17H2,1-2H3,(H,28,30)/t20-/m0/s1. The maximum absolute atomic E-state index is 13.0. The first-order valence-corrected chi connectivity index (χ1v) is 10.8. The smallest absolute Gasteiger partial charge is 0.263 e. The highest BCUT2D eigenvalue weighted by Crippen LogP contribution is 2.31. The Morgan fingerprint density at radius 1 is 1.10 bits per heavy atom. The predicted molar refractivity (Wildman–Crippen MR) is 123 cm³/mol. The number of para-hydroxylation sites is 1. The van der Waals surface area contributed by atoms with Crippen molar-refractivity contribution in [2.45, 2.75) is 32.6 Å². The zero-order valence-corrected chi connectivity index (χ0v) is 18.0. The topological polar surface area (TPSA) is 67.4 Å². The van der Waals surface area contributed by atoms with Crippen molar-refractivity contribution in [1.29, 1.82) is 0 Å². The molecule has 1 atom stereocenters. The van der Waals surface area contributed by atoms with Crippen molar-refractivity contribution in [3.63, 3.8) is 0 Å². The van der Waals surface area contributed by atoms with Crippen molar-refractivity contribution >= 4 is 17.4 Å². The number of nitrogens with one attached hydrogen (secondary N) is 1. The molecule has 160 valence electrons. The molecule has 1 aliphatic heterocycles. The third kappa shape index (κ3) is 5.20. The van der Waals surface area contributed by atoms with E-state index < -0.39 is 0 Å². The highest BCUT2D eigenvalue weighted by atomic mass is 16.5. The van der Waals surface area contributed by atoms with Crippen LogP contribution in [-0.4, -0.2) is 29.0 Å². The molecule has 0 aliphatic carbocycles. The lowest BCUT2D eigenvalue weighted by atomic mass is 9.96. The monoisotopic (exact) mass is 416 g/mol. The van der Waals surface area contributed by atoms with E-state index in [1.54, 1.807) is 12.4 Å². The second-order valence-electron chi connectivity index (χ2n) is 8.15. The Morgan fingerprint density at radius 2 is 1.90 bits per heavy atom. The first kappa shape index (κ1) is 20.8. The lowest BCUT2D eigenvalue weighted by molar-refractivity contribution is -0.120. The summed E-state index contributed by atoms with van der Waals surface area (Å²) in [5, 5.41) is 3.10. The van der Waals surface area contributed by atoms with Crippen LogP contribution in [0.2, 0.25) is 0 Å². The van der Waals surface area contributed by atoms with Crippen molar-refractivity contribution in [3.05, 3.63) is 72.6 Å². The van der Waals surface area contributed by atoms with Gasteiger partial charge in [-0.1, -0.05) is 44.2 Å². The van der Waals surface area contributed by atoms with Gasteiger partial charge in [-0.05, 0) is 48.6 Å². The fourth-order valence-electron chi connectivity index (χ4n) is 3.81. The van der Waals surface area contributed by atoms with Gasteiger partial charge in [0.15, 0.2) is 5.82 Å². The van der Waals surface area contributed by atoms with Crippen molar-refractivity contribution in [1.82, 2.24) is 9.97 Å². The normalized spacial score (nSPS) is 16.2. The quantitative estimate of drug-likeness (QED) is 0.595. The van der Waals surface area contributed by atoms with Gasteiger partial charge >= 0.3 is 0 Å². The van der Waals surface area contributed by atoms with Gasteiger partial charge in [-0.25, -0.2) is 9.97 Å². The van der Waals surface area contributed by atoms with Crippen LogP contribution in [0.15, 0.2) is 67.0 Å². The molecule has 2 heterocycles. The lowest BCUT2D eigenvalue weighted by Crippen LogP contribution is -2.41. The fraction of sp³-hybridized carbons (Fsp3) is 0.320. The van der Waals surface area contributed by atoms with E-state index in [1.165, 1.54) is 5.56 Å². The van der Waals surface area contributed by atoms with E-state index in [1.807, 2.05) is 42.5 Å². The number of benzene rings is 2. The number of nitrogens with zero attached hydrogens (tertiary/aromatic N) is 3. The van der Waals surface area contributed by atoms with E-state index >= 15 is 0 Å². The minimum atomic E-state index is -0.122. The predicted octanol–water partition coefficient (Wildman–Crippen LogP) is 5.25. The molecular formula is C25H28N4O2. The van der Waals surface area contributed by atoms with Crippen molar-refractivity contribution in [2.75, 3.05) is 23.3 Å². The molecule has 6 nitrogen and oxygen atoms in total. The van der Waals surface area contributed by atoms with E-state index in [0.29, 0.717) is 29.9 Å². The van der Waals surface area contributed by atoms with Gasteiger partial charge < -0.3 is 15.0 Å². The Morgan fingerprint density at radius 3 is 2.71 bits per heavy atom. The van der Waals surface area contributed by atoms with Gasteiger partial charge in [-0.2, -0.15) is 0 Å². The molecule has 1 N–H and O–H groups in total. The molecule has 1 fully saturated rings. The molecule has 6 heteroatoms. The van der Waals surface area contributed by atoms with Gasteiger partial charge in [0.2, 0.25) is 5.91 Å². The summed E-state index contributed by atoms with van der Waals surface area (Å²) < 4.78 is 5.97. The minimum absolute atomic E-state index is 0.0417. The fourth-order valence-corrected chi connectivity index (χ4v) is 3.81. The molecule has 0 spiro atoms. The maximum Gasteiger partial charge on any atom is 0.263 e. The Kier molecular flexibility index (Phi) is 6.46. The molecule has 0 bridgehead atoms. The number of rotatable bonds is 6. The van der Waals surface area contributed by atoms with Gasteiger partial charge in [0.1, 0.15) is 5.75 Å². The van der Waals surface area contributed by atoms with E-state index in [9.17, 15) is 4.79 Å². The Hall–Kier alpha value is -3.41. The van der Waals surface area contributed by atoms with Crippen LogP contribution < -0.4 is 15.0 Å².